The predicted molar refractivity (Wildman–Crippen MR) is 66.8 cm³/mol. The summed E-state index contributed by atoms with van der Waals surface area (Å²) in [6.45, 7) is 6.21. The fourth-order valence-corrected chi connectivity index (χ4v) is 4.16. The minimum absolute atomic E-state index is 0.203. The van der Waals surface area contributed by atoms with Crippen molar-refractivity contribution in [1.82, 2.24) is 9.62 Å². The molecule has 1 aliphatic rings. The summed E-state index contributed by atoms with van der Waals surface area (Å²) >= 11 is 0. The molecule has 1 heterocycles. The molecular formula is C11H24N2O2S. The third kappa shape index (κ3) is 4.03. The number of rotatable bonds is 5. The topological polar surface area (TPSA) is 49.4 Å². The van der Waals surface area contributed by atoms with Crippen LogP contribution in [0.25, 0.3) is 0 Å². The molecule has 1 rings (SSSR count). The number of hydrogen-bond donors (Lipinski definition) is 1. The van der Waals surface area contributed by atoms with E-state index in [4.69, 9.17) is 0 Å². The van der Waals surface area contributed by atoms with Gasteiger partial charge in [-0.25, -0.2) is 12.7 Å². The van der Waals surface area contributed by atoms with Gasteiger partial charge < -0.3 is 5.32 Å². The number of hydrogen-bond acceptors (Lipinski definition) is 3. The Hall–Kier alpha value is -0.130. The van der Waals surface area contributed by atoms with Gasteiger partial charge in [0, 0.05) is 13.1 Å². The van der Waals surface area contributed by atoms with Crippen molar-refractivity contribution in [3.63, 3.8) is 0 Å². The van der Waals surface area contributed by atoms with Crippen LogP contribution in [0, 0.1) is 11.8 Å². The lowest BCUT2D eigenvalue weighted by molar-refractivity contribution is 0.262. The fraction of sp³-hybridized carbons (Fsp3) is 1.00. The molecule has 0 radical (unpaired) electrons. The molecule has 1 atom stereocenters. The lowest BCUT2D eigenvalue weighted by Crippen LogP contribution is -2.43. The Balaban J connectivity index is 2.59. The summed E-state index contributed by atoms with van der Waals surface area (Å²) in [5.41, 5.74) is 0. The molecule has 0 aliphatic carbocycles. The first-order valence-electron chi connectivity index (χ1n) is 6.08. The van der Waals surface area contributed by atoms with Crippen LogP contribution >= 0.6 is 0 Å². The van der Waals surface area contributed by atoms with Crippen molar-refractivity contribution < 1.29 is 8.42 Å². The molecular weight excluding hydrogens is 224 g/mol. The van der Waals surface area contributed by atoms with Gasteiger partial charge in [-0.15, -0.1) is 0 Å². The lowest BCUT2D eigenvalue weighted by Gasteiger charge is -2.32. The Kier molecular flexibility index (Phi) is 5.21. The van der Waals surface area contributed by atoms with E-state index in [2.05, 4.69) is 5.32 Å². The average Bonchev–Trinajstić information content (AvgIpc) is 2.16. The molecule has 0 saturated carbocycles. The van der Waals surface area contributed by atoms with Crippen molar-refractivity contribution in [2.24, 2.45) is 11.8 Å². The number of piperidine rings is 1. The van der Waals surface area contributed by atoms with Crippen LogP contribution in [0.1, 0.15) is 26.7 Å². The average molecular weight is 248 g/mol. The summed E-state index contributed by atoms with van der Waals surface area (Å²) in [5, 5.41) is 3.13. The lowest BCUT2D eigenvalue weighted by atomic mass is 10.00. The summed E-state index contributed by atoms with van der Waals surface area (Å²) in [7, 11) is -1.11. The molecule has 16 heavy (non-hydrogen) atoms. The molecule has 0 aromatic carbocycles. The molecule has 4 nitrogen and oxygen atoms in total. The maximum absolute atomic E-state index is 12.1. The van der Waals surface area contributed by atoms with E-state index in [0.29, 0.717) is 19.0 Å². The minimum Gasteiger partial charge on any atom is -0.319 e. The zero-order valence-electron chi connectivity index (χ0n) is 10.6. The Bertz CT molecular complexity index is 299. The standard InChI is InChI=1S/C11H24N2O2S/c1-10(2)9-16(14,15)13-6-4-5-11(8-13)7-12-3/h10-12H,4-9H2,1-3H3. The van der Waals surface area contributed by atoms with E-state index < -0.39 is 10.0 Å². The highest BCUT2D eigenvalue weighted by molar-refractivity contribution is 7.89. The van der Waals surface area contributed by atoms with Gasteiger partial charge in [-0.1, -0.05) is 13.8 Å². The zero-order valence-corrected chi connectivity index (χ0v) is 11.4. The second-order valence-corrected chi connectivity index (χ2v) is 7.11. The first-order valence-corrected chi connectivity index (χ1v) is 7.69. The van der Waals surface area contributed by atoms with Crippen LogP contribution in [0.5, 0.6) is 0 Å². The van der Waals surface area contributed by atoms with Crippen LogP contribution in [0.3, 0.4) is 0 Å². The summed E-state index contributed by atoms with van der Waals surface area (Å²) in [6.07, 6.45) is 2.12. The van der Waals surface area contributed by atoms with Crippen LogP contribution in [0.4, 0.5) is 0 Å². The molecule has 1 N–H and O–H groups in total. The van der Waals surface area contributed by atoms with Crippen molar-refractivity contribution in [2.45, 2.75) is 26.7 Å². The van der Waals surface area contributed by atoms with Gasteiger partial charge in [-0.2, -0.15) is 0 Å². The van der Waals surface area contributed by atoms with Gasteiger partial charge in [0.15, 0.2) is 0 Å². The van der Waals surface area contributed by atoms with Crippen LogP contribution in [0.15, 0.2) is 0 Å². The summed E-state index contributed by atoms with van der Waals surface area (Å²) < 4.78 is 25.8. The van der Waals surface area contributed by atoms with Gasteiger partial charge in [-0.3, -0.25) is 0 Å². The minimum atomic E-state index is -3.03. The van der Waals surface area contributed by atoms with Crippen molar-refractivity contribution in [3.05, 3.63) is 0 Å². The molecule has 0 aromatic heterocycles. The second-order valence-electron chi connectivity index (χ2n) is 5.10. The molecule has 0 amide bonds. The summed E-state index contributed by atoms with van der Waals surface area (Å²) in [6, 6.07) is 0. The molecule has 1 fully saturated rings. The highest BCUT2D eigenvalue weighted by atomic mass is 32.2. The third-order valence-electron chi connectivity index (χ3n) is 2.91. The van der Waals surface area contributed by atoms with E-state index in [1.165, 1.54) is 0 Å². The van der Waals surface area contributed by atoms with Crippen molar-refractivity contribution in [2.75, 3.05) is 32.4 Å². The van der Waals surface area contributed by atoms with Gasteiger partial charge in [0.2, 0.25) is 10.0 Å². The highest BCUT2D eigenvalue weighted by Gasteiger charge is 2.28. The maximum atomic E-state index is 12.1. The molecule has 1 aliphatic heterocycles. The van der Waals surface area contributed by atoms with Crippen molar-refractivity contribution in [3.8, 4) is 0 Å². The Labute approximate surface area is 99.5 Å². The Morgan fingerprint density at radius 1 is 1.44 bits per heavy atom. The van der Waals surface area contributed by atoms with Crippen LogP contribution < -0.4 is 5.32 Å². The van der Waals surface area contributed by atoms with Crippen molar-refractivity contribution >= 4 is 10.0 Å². The Morgan fingerprint density at radius 3 is 2.69 bits per heavy atom. The van der Waals surface area contributed by atoms with E-state index in [0.717, 1.165) is 19.4 Å². The van der Waals surface area contributed by atoms with Gasteiger partial charge in [0.05, 0.1) is 5.75 Å². The summed E-state index contributed by atoms with van der Waals surface area (Å²) in [5.74, 6) is 0.953. The predicted octanol–water partition coefficient (Wildman–Crippen LogP) is 0.904. The fourth-order valence-electron chi connectivity index (χ4n) is 2.26. The van der Waals surface area contributed by atoms with Crippen molar-refractivity contribution in [1.29, 1.82) is 0 Å². The smallest absolute Gasteiger partial charge is 0.214 e. The summed E-state index contributed by atoms with van der Waals surface area (Å²) in [4.78, 5) is 0. The van der Waals surface area contributed by atoms with E-state index in [-0.39, 0.29) is 11.7 Å². The van der Waals surface area contributed by atoms with Crippen LogP contribution in [-0.2, 0) is 10.0 Å². The van der Waals surface area contributed by atoms with Gasteiger partial charge in [-0.05, 0) is 38.3 Å². The molecule has 0 spiro atoms. The van der Waals surface area contributed by atoms with E-state index in [1.54, 1.807) is 4.31 Å². The molecule has 96 valence electrons. The Morgan fingerprint density at radius 2 is 2.12 bits per heavy atom. The van der Waals surface area contributed by atoms with E-state index >= 15 is 0 Å². The molecule has 0 bridgehead atoms. The van der Waals surface area contributed by atoms with Crippen LogP contribution in [0.2, 0.25) is 0 Å². The molecule has 0 aromatic rings. The van der Waals surface area contributed by atoms with Gasteiger partial charge in [0.1, 0.15) is 0 Å². The third-order valence-corrected chi connectivity index (χ3v) is 5.12. The van der Waals surface area contributed by atoms with E-state index in [1.807, 2.05) is 20.9 Å². The number of nitrogens with zero attached hydrogens (tertiary/aromatic N) is 1. The molecule has 1 saturated heterocycles. The number of nitrogens with one attached hydrogen (secondary N) is 1. The van der Waals surface area contributed by atoms with Crippen LogP contribution in [-0.4, -0.2) is 45.2 Å². The normalized spacial score (nSPS) is 23.9. The maximum Gasteiger partial charge on any atom is 0.214 e. The second kappa shape index (κ2) is 5.98. The van der Waals surface area contributed by atoms with Gasteiger partial charge >= 0.3 is 0 Å². The monoisotopic (exact) mass is 248 g/mol. The first kappa shape index (κ1) is 13.9. The zero-order chi connectivity index (χ0) is 12.2. The molecule has 1 unspecified atom stereocenters. The SMILES string of the molecule is CNCC1CCCN(S(=O)(=O)CC(C)C)C1. The largest absolute Gasteiger partial charge is 0.319 e. The van der Waals surface area contributed by atoms with E-state index in [9.17, 15) is 8.42 Å². The molecule has 5 heteroatoms. The first-order chi connectivity index (χ1) is 7.45. The number of sulfonamides is 1. The van der Waals surface area contributed by atoms with Gasteiger partial charge in [0.25, 0.3) is 0 Å². The quantitative estimate of drug-likeness (QED) is 0.786. The highest BCUT2D eigenvalue weighted by Crippen LogP contribution is 2.19.